The summed E-state index contributed by atoms with van der Waals surface area (Å²) in [6.07, 6.45) is 0. The van der Waals surface area contributed by atoms with Gasteiger partial charge in [-0.25, -0.2) is 4.79 Å². The molecule has 0 aliphatic heterocycles. The predicted molar refractivity (Wildman–Crippen MR) is 105 cm³/mol. The van der Waals surface area contributed by atoms with Gasteiger partial charge in [0.1, 0.15) is 16.6 Å². The summed E-state index contributed by atoms with van der Waals surface area (Å²) in [5.74, 6) is -0.582. The fourth-order valence-corrected chi connectivity index (χ4v) is 4.02. The number of para-hydroxylation sites is 1. The Morgan fingerprint density at radius 3 is 2.58 bits per heavy atom. The lowest BCUT2D eigenvalue weighted by Crippen LogP contribution is -2.26. The van der Waals surface area contributed by atoms with Crippen LogP contribution in [0.25, 0.3) is 10.2 Å². The first kappa shape index (κ1) is 18.2. The zero-order valence-electron chi connectivity index (χ0n) is 15.3. The standard InChI is InChI=1S/C20H22N2O3S/c1-5-25-20(24)16-11-15-9-10-26-19(15)22(16)14(4)18(23)21-17-12(2)7-6-8-13(17)3/h6-11,14H,5H2,1-4H3,(H,21,23)/t14-/m0/s1. The number of benzene rings is 1. The zero-order chi connectivity index (χ0) is 18.8. The molecule has 2 heterocycles. The van der Waals surface area contributed by atoms with Crippen LogP contribution in [-0.2, 0) is 9.53 Å². The average molecular weight is 370 g/mol. The van der Waals surface area contributed by atoms with E-state index in [1.165, 1.54) is 11.3 Å². The van der Waals surface area contributed by atoms with E-state index in [0.717, 1.165) is 27.0 Å². The molecule has 26 heavy (non-hydrogen) atoms. The summed E-state index contributed by atoms with van der Waals surface area (Å²) in [5, 5.41) is 5.90. The number of nitrogens with one attached hydrogen (secondary N) is 1. The van der Waals surface area contributed by atoms with Gasteiger partial charge in [0.15, 0.2) is 0 Å². The maximum Gasteiger partial charge on any atom is 0.355 e. The molecule has 1 atom stereocenters. The Labute approximate surface area is 156 Å². The van der Waals surface area contributed by atoms with E-state index in [1.807, 2.05) is 43.5 Å². The molecular formula is C20H22N2O3S. The van der Waals surface area contributed by atoms with Crippen LogP contribution in [-0.4, -0.2) is 23.1 Å². The lowest BCUT2D eigenvalue weighted by Gasteiger charge is -2.19. The van der Waals surface area contributed by atoms with Crippen molar-refractivity contribution in [1.29, 1.82) is 0 Å². The number of aryl methyl sites for hydroxylation is 2. The first-order valence-electron chi connectivity index (χ1n) is 8.56. The van der Waals surface area contributed by atoms with Crippen molar-refractivity contribution in [1.82, 2.24) is 4.57 Å². The summed E-state index contributed by atoms with van der Waals surface area (Å²) in [5.41, 5.74) is 3.23. The number of fused-ring (bicyclic) bond motifs is 1. The van der Waals surface area contributed by atoms with E-state index in [9.17, 15) is 9.59 Å². The second kappa shape index (κ2) is 7.33. The highest BCUT2D eigenvalue weighted by atomic mass is 32.1. The minimum Gasteiger partial charge on any atom is -0.461 e. The summed E-state index contributed by atoms with van der Waals surface area (Å²) in [6, 6.07) is 9.06. The first-order chi connectivity index (χ1) is 12.4. The molecule has 0 saturated carbocycles. The molecule has 0 spiro atoms. The Kier molecular flexibility index (Phi) is 5.13. The number of hydrogen-bond acceptors (Lipinski definition) is 4. The van der Waals surface area contributed by atoms with Crippen LogP contribution in [0, 0.1) is 13.8 Å². The number of anilines is 1. The van der Waals surface area contributed by atoms with E-state index in [2.05, 4.69) is 5.32 Å². The molecule has 0 aliphatic rings. The molecule has 0 radical (unpaired) electrons. The maximum absolute atomic E-state index is 12.9. The lowest BCUT2D eigenvalue weighted by atomic mass is 10.1. The van der Waals surface area contributed by atoms with Gasteiger partial charge in [0.25, 0.3) is 0 Å². The highest BCUT2D eigenvalue weighted by Gasteiger charge is 2.25. The van der Waals surface area contributed by atoms with Gasteiger partial charge in [0.2, 0.25) is 5.91 Å². The third kappa shape index (κ3) is 3.24. The first-order valence-corrected chi connectivity index (χ1v) is 9.44. The van der Waals surface area contributed by atoms with Gasteiger partial charge >= 0.3 is 5.97 Å². The second-order valence-electron chi connectivity index (χ2n) is 6.23. The van der Waals surface area contributed by atoms with Crippen molar-refractivity contribution in [3.8, 4) is 0 Å². The third-order valence-electron chi connectivity index (χ3n) is 4.43. The number of esters is 1. The van der Waals surface area contributed by atoms with E-state index in [1.54, 1.807) is 24.5 Å². The fourth-order valence-electron chi connectivity index (χ4n) is 3.05. The maximum atomic E-state index is 12.9. The minimum absolute atomic E-state index is 0.168. The Bertz CT molecular complexity index is 951. The molecule has 0 saturated heterocycles. The minimum atomic E-state index is -0.551. The monoisotopic (exact) mass is 370 g/mol. The average Bonchev–Trinajstić information content (AvgIpc) is 3.18. The van der Waals surface area contributed by atoms with Crippen LogP contribution in [0.15, 0.2) is 35.7 Å². The number of hydrogen-bond donors (Lipinski definition) is 1. The van der Waals surface area contributed by atoms with Crippen LogP contribution in [0.2, 0.25) is 0 Å². The summed E-state index contributed by atoms with van der Waals surface area (Å²) in [4.78, 5) is 26.2. The number of ether oxygens (including phenoxy) is 1. The molecule has 5 nitrogen and oxygen atoms in total. The third-order valence-corrected chi connectivity index (χ3v) is 5.35. The van der Waals surface area contributed by atoms with Gasteiger partial charge in [0.05, 0.1) is 6.61 Å². The van der Waals surface area contributed by atoms with Crippen molar-refractivity contribution in [2.75, 3.05) is 11.9 Å². The summed E-state index contributed by atoms with van der Waals surface area (Å²) >= 11 is 1.50. The van der Waals surface area contributed by atoms with Gasteiger partial charge in [-0.1, -0.05) is 18.2 Å². The smallest absolute Gasteiger partial charge is 0.355 e. The van der Waals surface area contributed by atoms with Crippen LogP contribution < -0.4 is 5.32 Å². The van der Waals surface area contributed by atoms with Crippen molar-refractivity contribution in [3.63, 3.8) is 0 Å². The van der Waals surface area contributed by atoms with Crippen molar-refractivity contribution in [3.05, 3.63) is 52.5 Å². The SMILES string of the molecule is CCOC(=O)c1cc2ccsc2n1[C@@H](C)C(=O)Nc1c(C)cccc1C. The Morgan fingerprint density at radius 1 is 1.23 bits per heavy atom. The van der Waals surface area contributed by atoms with E-state index in [-0.39, 0.29) is 5.91 Å². The number of rotatable bonds is 5. The molecule has 2 aromatic heterocycles. The molecule has 6 heteroatoms. The van der Waals surface area contributed by atoms with Gasteiger partial charge in [-0.15, -0.1) is 11.3 Å². The fraction of sp³-hybridized carbons (Fsp3) is 0.300. The van der Waals surface area contributed by atoms with Crippen LogP contribution in [0.5, 0.6) is 0 Å². The molecule has 0 bridgehead atoms. The highest BCUT2D eigenvalue weighted by molar-refractivity contribution is 7.16. The van der Waals surface area contributed by atoms with Crippen LogP contribution in [0.3, 0.4) is 0 Å². The normalized spacial score (nSPS) is 12.2. The molecule has 3 rings (SSSR count). The van der Waals surface area contributed by atoms with Crippen molar-refractivity contribution >= 4 is 39.1 Å². The molecule has 3 aromatic rings. The molecule has 0 fully saturated rings. The van der Waals surface area contributed by atoms with Gasteiger partial charge < -0.3 is 14.6 Å². The largest absolute Gasteiger partial charge is 0.461 e. The molecule has 0 aliphatic carbocycles. The van der Waals surface area contributed by atoms with Crippen LogP contribution in [0.1, 0.15) is 41.5 Å². The molecule has 1 amide bonds. The molecule has 0 unspecified atom stereocenters. The topological polar surface area (TPSA) is 60.3 Å². The number of thiophene rings is 1. The van der Waals surface area contributed by atoms with E-state index in [0.29, 0.717) is 12.3 Å². The quantitative estimate of drug-likeness (QED) is 0.663. The lowest BCUT2D eigenvalue weighted by molar-refractivity contribution is -0.118. The van der Waals surface area contributed by atoms with Crippen molar-refractivity contribution in [2.24, 2.45) is 0 Å². The molecule has 136 valence electrons. The zero-order valence-corrected chi connectivity index (χ0v) is 16.1. The summed E-state index contributed by atoms with van der Waals surface area (Å²) < 4.78 is 6.93. The Hall–Kier alpha value is -2.60. The van der Waals surface area contributed by atoms with Gasteiger partial charge in [0, 0.05) is 11.1 Å². The Morgan fingerprint density at radius 2 is 1.92 bits per heavy atom. The van der Waals surface area contributed by atoms with Gasteiger partial charge in [-0.3, -0.25) is 4.79 Å². The summed E-state index contributed by atoms with van der Waals surface area (Å²) in [7, 11) is 0. The van der Waals surface area contributed by atoms with Gasteiger partial charge in [-0.05, 0) is 56.3 Å². The van der Waals surface area contributed by atoms with Crippen molar-refractivity contribution < 1.29 is 14.3 Å². The number of carbonyl (C=O) groups is 2. The Balaban J connectivity index is 1.97. The van der Waals surface area contributed by atoms with E-state index < -0.39 is 12.0 Å². The van der Waals surface area contributed by atoms with Crippen LogP contribution >= 0.6 is 11.3 Å². The number of aromatic nitrogens is 1. The highest BCUT2D eigenvalue weighted by Crippen LogP contribution is 2.30. The van der Waals surface area contributed by atoms with E-state index >= 15 is 0 Å². The molecule has 1 aromatic carbocycles. The van der Waals surface area contributed by atoms with E-state index in [4.69, 9.17) is 4.74 Å². The van der Waals surface area contributed by atoms with Gasteiger partial charge in [-0.2, -0.15) is 0 Å². The predicted octanol–water partition coefficient (Wildman–Crippen LogP) is 4.70. The number of carbonyl (C=O) groups excluding carboxylic acids is 2. The number of amides is 1. The molecule has 1 N–H and O–H groups in total. The summed E-state index contributed by atoms with van der Waals surface area (Å²) in [6.45, 7) is 7.78. The van der Waals surface area contributed by atoms with Crippen molar-refractivity contribution in [2.45, 2.75) is 33.7 Å². The van der Waals surface area contributed by atoms with Crippen LogP contribution in [0.4, 0.5) is 5.69 Å². The second-order valence-corrected chi connectivity index (χ2v) is 7.13. The number of nitrogens with zero attached hydrogens (tertiary/aromatic N) is 1. The molecular weight excluding hydrogens is 348 g/mol.